The van der Waals surface area contributed by atoms with E-state index in [9.17, 15) is 9.90 Å². The summed E-state index contributed by atoms with van der Waals surface area (Å²) in [5, 5.41) is 9.73. The Morgan fingerprint density at radius 2 is 1.74 bits per heavy atom. The minimum atomic E-state index is 0.206. The van der Waals surface area contributed by atoms with Gasteiger partial charge in [0.15, 0.2) is 0 Å². The van der Waals surface area contributed by atoms with Crippen LogP contribution in [0.4, 0.5) is 0 Å². The molecule has 1 N–H and O–H groups in total. The van der Waals surface area contributed by atoms with Crippen LogP contribution < -0.4 is 0 Å². The molecule has 27 heavy (non-hydrogen) atoms. The van der Waals surface area contributed by atoms with Crippen molar-refractivity contribution >= 4 is 5.91 Å². The van der Waals surface area contributed by atoms with Gasteiger partial charge in [0.1, 0.15) is 5.75 Å². The van der Waals surface area contributed by atoms with E-state index < -0.39 is 0 Å². The summed E-state index contributed by atoms with van der Waals surface area (Å²) in [6, 6.07) is 17.9. The summed E-state index contributed by atoms with van der Waals surface area (Å²) in [5.74, 6) is 0.617. The molecule has 0 saturated carbocycles. The van der Waals surface area contributed by atoms with E-state index in [4.69, 9.17) is 0 Å². The number of phenolic OH excluding ortho intramolecular Hbond substituents is 1. The quantitative estimate of drug-likeness (QED) is 0.897. The van der Waals surface area contributed by atoms with Crippen molar-refractivity contribution in [2.75, 3.05) is 19.6 Å². The van der Waals surface area contributed by atoms with Crippen LogP contribution in [0, 0.1) is 5.41 Å². The standard InChI is InChI=1S/C23H28N2O2/c26-21-9-4-8-20(14-21)15-24-13-5-11-23(17-24)12-10-22(27)25(18-23)16-19-6-2-1-3-7-19/h1-4,6-9,14,26H,5,10-13,15-18H2. The summed E-state index contributed by atoms with van der Waals surface area (Å²) in [7, 11) is 0. The zero-order valence-electron chi connectivity index (χ0n) is 15.8. The highest BCUT2D eigenvalue weighted by Crippen LogP contribution is 2.39. The monoisotopic (exact) mass is 364 g/mol. The van der Waals surface area contributed by atoms with Gasteiger partial charge in [0, 0.05) is 38.0 Å². The summed E-state index contributed by atoms with van der Waals surface area (Å²) < 4.78 is 0. The van der Waals surface area contributed by atoms with Crippen molar-refractivity contribution in [1.82, 2.24) is 9.80 Å². The number of hydrogen-bond acceptors (Lipinski definition) is 3. The van der Waals surface area contributed by atoms with Gasteiger partial charge in [0.05, 0.1) is 0 Å². The second kappa shape index (κ2) is 7.73. The first-order valence-corrected chi connectivity index (χ1v) is 9.94. The second-order valence-corrected chi connectivity index (χ2v) is 8.22. The number of piperidine rings is 2. The van der Waals surface area contributed by atoms with E-state index in [0.717, 1.165) is 38.2 Å². The molecule has 1 amide bonds. The number of rotatable bonds is 4. The molecule has 0 radical (unpaired) electrons. The predicted molar refractivity (Wildman–Crippen MR) is 106 cm³/mol. The molecule has 4 rings (SSSR count). The summed E-state index contributed by atoms with van der Waals surface area (Å²) >= 11 is 0. The molecule has 2 heterocycles. The number of phenols is 1. The van der Waals surface area contributed by atoms with Gasteiger partial charge < -0.3 is 10.0 Å². The minimum Gasteiger partial charge on any atom is -0.508 e. The Morgan fingerprint density at radius 1 is 0.926 bits per heavy atom. The third kappa shape index (κ3) is 4.33. The van der Waals surface area contributed by atoms with E-state index in [2.05, 4.69) is 28.0 Å². The van der Waals surface area contributed by atoms with E-state index in [-0.39, 0.29) is 11.3 Å². The molecule has 142 valence electrons. The van der Waals surface area contributed by atoms with Crippen LogP contribution in [0.15, 0.2) is 54.6 Å². The number of hydrogen-bond donors (Lipinski definition) is 1. The predicted octanol–water partition coefficient (Wildman–Crippen LogP) is 3.80. The van der Waals surface area contributed by atoms with E-state index in [1.807, 2.05) is 30.3 Å². The zero-order chi connectivity index (χ0) is 18.7. The van der Waals surface area contributed by atoms with Crippen LogP contribution in [-0.2, 0) is 17.9 Å². The van der Waals surface area contributed by atoms with Gasteiger partial charge in [0.2, 0.25) is 5.91 Å². The van der Waals surface area contributed by atoms with Crippen LogP contribution in [0.1, 0.15) is 36.8 Å². The van der Waals surface area contributed by atoms with E-state index in [1.165, 1.54) is 18.4 Å². The smallest absolute Gasteiger partial charge is 0.222 e. The van der Waals surface area contributed by atoms with Crippen molar-refractivity contribution in [1.29, 1.82) is 0 Å². The Hall–Kier alpha value is -2.33. The molecule has 1 atom stereocenters. The maximum Gasteiger partial charge on any atom is 0.222 e. The normalized spacial score (nSPS) is 23.7. The van der Waals surface area contributed by atoms with Crippen LogP contribution >= 0.6 is 0 Å². The minimum absolute atomic E-state index is 0.206. The largest absolute Gasteiger partial charge is 0.508 e. The van der Waals surface area contributed by atoms with Gasteiger partial charge in [0.25, 0.3) is 0 Å². The fourth-order valence-electron chi connectivity index (χ4n) is 4.74. The maximum atomic E-state index is 12.5. The van der Waals surface area contributed by atoms with Gasteiger partial charge in [-0.1, -0.05) is 42.5 Å². The molecule has 4 heteroatoms. The lowest BCUT2D eigenvalue weighted by atomic mass is 9.73. The Labute approximate surface area is 161 Å². The lowest BCUT2D eigenvalue weighted by Crippen LogP contribution is -2.53. The molecule has 0 aliphatic carbocycles. The molecule has 1 spiro atoms. The fourth-order valence-corrected chi connectivity index (χ4v) is 4.74. The van der Waals surface area contributed by atoms with Crippen molar-refractivity contribution < 1.29 is 9.90 Å². The van der Waals surface area contributed by atoms with Crippen LogP contribution in [0.5, 0.6) is 5.75 Å². The number of aromatic hydroxyl groups is 1. The molecule has 2 aromatic carbocycles. The fraction of sp³-hybridized carbons (Fsp3) is 0.435. The molecule has 2 fully saturated rings. The van der Waals surface area contributed by atoms with Gasteiger partial charge in [-0.3, -0.25) is 9.69 Å². The number of nitrogens with zero attached hydrogens (tertiary/aromatic N) is 2. The lowest BCUT2D eigenvalue weighted by molar-refractivity contribution is -0.140. The van der Waals surface area contributed by atoms with E-state index in [1.54, 1.807) is 6.07 Å². The molecular weight excluding hydrogens is 336 g/mol. The highest BCUT2D eigenvalue weighted by atomic mass is 16.3. The second-order valence-electron chi connectivity index (χ2n) is 8.22. The van der Waals surface area contributed by atoms with Crippen LogP contribution in [0.25, 0.3) is 0 Å². The highest BCUT2D eigenvalue weighted by Gasteiger charge is 2.41. The number of carbonyl (C=O) groups excluding carboxylic acids is 1. The van der Waals surface area contributed by atoms with Crippen molar-refractivity contribution in [3.8, 4) is 5.75 Å². The number of benzene rings is 2. The first-order chi connectivity index (χ1) is 13.1. The van der Waals surface area contributed by atoms with Crippen LogP contribution in [-0.4, -0.2) is 40.4 Å². The molecule has 2 aliphatic heterocycles. The molecule has 2 aliphatic rings. The first-order valence-electron chi connectivity index (χ1n) is 9.94. The molecule has 1 unspecified atom stereocenters. The van der Waals surface area contributed by atoms with Crippen LogP contribution in [0.2, 0.25) is 0 Å². The molecule has 2 aromatic rings. The highest BCUT2D eigenvalue weighted by molar-refractivity contribution is 5.77. The Balaban J connectivity index is 1.44. The third-order valence-corrected chi connectivity index (χ3v) is 6.02. The zero-order valence-corrected chi connectivity index (χ0v) is 15.8. The SMILES string of the molecule is O=C1CCC2(CCCN(Cc3cccc(O)c3)C2)CN1Cc1ccccc1. The Bertz CT molecular complexity index is 792. The first kappa shape index (κ1) is 18.1. The number of likely N-dealkylation sites (tertiary alicyclic amines) is 2. The van der Waals surface area contributed by atoms with Crippen molar-refractivity contribution in [2.45, 2.75) is 38.8 Å². The molecule has 4 nitrogen and oxygen atoms in total. The van der Waals surface area contributed by atoms with E-state index >= 15 is 0 Å². The number of carbonyl (C=O) groups is 1. The van der Waals surface area contributed by atoms with Crippen molar-refractivity contribution in [2.24, 2.45) is 5.41 Å². The Morgan fingerprint density at radius 3 is 2.56 bits per heavy atom. The molecule has 0 aromatic heterocycles. The van der Waals surface area contributed by atoms with Gasteiger partial charge in [-0.2, -0.15) is 0 Å². The summed E-state index contributed by atoms with van der Waals surface area (Å²) in [6.07, 6.45) is 4.02. The van der Waals surface area contributed by atoms with E-state index in [0.29, 0.717) is 18.7 Å². The van der Waals surface area contributed by atoms with Crippen molar-refractivity contribution in [3.05, 3.63) is 65.7 Å². The van der Waals surface area contributed by atoms with Gasteiger partial charge in [-0.05, 0) is 49.1 Å². The van der Waals surface area contributed by atoms with Crippen LogP contribution in [0.3, 0.4) is 0 Å². The maximum absolute atomic E-state index is 12.5. The molecule has 2 saturated heterocycles. The number of amides is 1. The molecule has 0 bridgehead atoms. The molecular formula is C23H28N2O2. The van der Waals surface area contributed by atoms with Gasteiger partial charge in [-0.15, -0.1) is 0 Å². The summed E-state index contributed by atoms with van der Waals surface area (Å²) in [6.45, 7) is 4.55. The third-order valence-electron chi connectivity index (χ3n) is 6.02. The average Bonchev–Trinajstić information content (AvgIpc) is 2.66. The Kier molecular flexibility index (Phi) is 5.17. The van der Waals surface area contributed by atoms with Crippen molar-refractivity contribution in [3.63, 3.8) is 0 Å². The van der Waals surface area contributed by atoms with Gasteiger partial charge >= 0.3 is 0 Å². The average molecular weight is 364 g/mol. The topological polar surface area (TPSA) is 43.8 Å². The summed E-state index contributed by atoms with van der Waals surface area (Å²) in [4.78, 5) is 17.1. The summed E-state index contributed by atoms with van der Waals surface area (Å²) in [5.41, 5.74) is 2.56. The van der Waals surface area contributed by atoms with Gasteiger partial charge in [-0.25, -0.2) is 0 Å². The lowest BCUT2D eigenvalue weighted by Gasteiger charge is -2.48.